The summed E-state index contributed by atoms with van der Waals surface area (Å²) < 4.78 is 1.34. The van der Waals surface area contributed by atoms with Crippen molar-refractivity contribution in [1.29, 1.82) is 0 Å². The van der Waals surface area contributed by atoms with Crippen molar-refractivity contribution in [3.63, 3.8) is 0 Å². The number of nitrogens with two attached hydrogens (primary N) is 1. The van der Waals surface area contributed by atoms with Crippen LogP contribution in [0.2, 0.25) is 0 Å². The van der Waals surface area contributed by atoms with Gasteiger partial charge in [-0.15, -0.1) is 0 Å². The molecule has 0 unspecified atom stereocenters. The zero-order valence-corrected chi connectivity index (χ0v) is 10.9. The zero-order chi connectivity index (χ0) is 13.3. The number of hydrogen-bond donors (Lipinski definition) is 1. The summed E-state index contributed by atoms with van der Waals surface area (Å²) in [6, 6.07) is 7.94. The summed E-state index contributed by atoms with van der Waals surface area (Å²) in [6.07, 6.45) is 0. The molecule has 2 aromatic rings. The van der Waals surface area contributed by atoms with Gasteiger partial charge in [-0.05, 0) is 25.5 Å². The van der Waals surface area contributed by atoms with Gasteiger partial charge in [-0.25, -0.2) is 4.68 Å². The lowest BCUT2D eigenvalue weighted by molar-refractivity contribution is 0.697. The predicted octanol–water partition coefficient (Wildman–Crippen LogP) is 1.52. The molecule has 1 aromatic carbocycles. The van der Waals surface area contributed by atoms with Crippen LogP contribution in [0.3, 0.4) is 0 Å². The highest BCUT2D eigenvalue weighted by molar-refractivity contribution is 5.64. The first-order valence-corrected chi connectivity index (χ1v) is 5.88. The standard InChI is InChI=1S/C14H17N3O/c1-9-4-5-12(10(2)6-9)13-7-11(8-15)14(18)17(3)16-13/h4-7H,8,15H2,1-3H3. The van der Waals surface area contributed by atoms with Gasteiger partial charge in [0.15, 0.2) is 0 Å². The molecule has 94 valence electrons. The van der Waals surface area contributed by atoms with Crippen LogP contribution in [0.5, 0.6) is 0 Å². The third kappa shape index (κ3) is 2.19. The minimum atomic E-state index is -0.133. The van der Waals surface area contributed by atoms with Crippen LogP contribution in [-0.4, -0.2) is 9.78 Å². The quantitative estimate of drug-likeness (QED) is 0.870. The van der Waals surface area contributed by atoms with Gasteiger partial charge < -0.3 is 5.73 Å². The second-order valence-electron chi connectivity index (χ2n) is 4.51. The van der Waals surface area contributed by atoms with E-state index in [4.69, 9.17) is 5.73 Å². The topological polar surface area (TPSA) is 60.9 Å². The summed E-state index contributed by atoms with van der Waals surface area (Å²) in [6.45, 7) is 4.32. The molecule has 0 bridgehead atoms. The van der Waals surface area contributed by atoms with Crippen molar-refractivity contribution >= 4 is 0 Å². The lowest BCUT2D eigenvalue weighted by Crippen LogP contribution is -2.25. The highest BCUT2D eigenvalue weighted by Gasteiger charge is 2.08. The molecule has 1 heterocycles. The Morgan fingerprint density at radius 1 is 1.28 bits per heavy atom. The maximum atomic E-state index is 11.7. The van der Waals surface area contributed by atoms with Crippen molar-refractivity contribution < 1.29 is 0 Å². The van der Waals surface area contributed by atoms with Crippen molar-refractivity contribution in [3.05, 3.63) is 51.3 Å². The van der Waals surface area contributed by atoms with Gasteiger partial charge in [0.25, 0.3) is 5.56 Å². The Morgan fingerprint density at radius 2 is 2.00 bits per heavy atom. The van der Waals surface area contributed by atoms with Gasteiger partial charge in [-0.1, -0.05) is 23.8 Å². The summed E-state index contributed by atoms with van der Waals surface area (Å²) in [4.78, 5) is 11.7. The normalized spacial score (nSPS) is 10.7. The van der Waals surface area contributed by atoms with Crippen LogP contribution in [0.15, 0.2) is 29.1 Å². The zero-order valence-electron chi connectivity index (χ0n) is 10.9. The minimum Gasteiger partial charge on any atom is -0.326 e. The highest BCUT2D eigenvalue weighted by atomic mass is 16.1. The fourth-order valence-electron chi connectivity index (χ4n) is 2.05. The average Bonchev–Trinajstić information content (AvgIpc) is 2.32. The summed E-state index contributed by atoms with van der Waals surface area (Å²) in [5.74, 6) is 0. The molecule has 18 heavy (non-hydrogen) atoms. The van der Waals surface area contributed by atoms with Gasteiger partial charge in [0.2, 0.25) is 0 Å². The largest absolute Gasteiger partial charge is 0.326 e. The third-order valence-corrected chi connectivity index (χ3v) is 3.02. The van der Waals surface area contributed by atoms with Crippen molar-refractivity contribution in [2.24, 2.45) is 12.8 Å². The van der Waals surface area contributed by atoms with Crippen molar-refractivity contribution in [2.75, 3.05) is 0 Å². The molecule has 0 spiro atoms. The molecule has 4 heteroatoms. The van der Waals surface area contributed by atoms with Crippen molar-refractivity contribution in [1.82, 2.24) is 9.78 Å². The molecule has 0 saturated heterocycles. The third-order valence-electron chi connectivity index (χ3n) is 3.02. The Hall–Kier alpha value is -1.94. The first-order valence-electron chi connectivity index (χ1n) is 5.88. The van der Waals surface area contributed by atoms with Gasteiger partial charge in [0.05, 0.1) is 5.69 Å². The fourth-order valence-corrected chi connectivity index (χ4v) is 2.05. The molecule has 0 atom stereocenters. The molecular weight excluding hydrogens is 226 g/mol. The number of nitrogens with zero attached hydrogens (tertiary/aromatic N) is 2. The Bertz CT molecular complexity index is 644. The summed E-state index contributed by atoms with van der Waals surface area (Å²) >= 11 is 0. The van der Waals surface area contributed by atoms with Crippen LogP contribution >= 0.6 is 0 Å². The first kappa shape index (κ1) is 12.5. The number of rotatable bonds is 2. The molecule has 4 nitrogen and oxygen atoms in total. The van der Waals surface area contributed by atoms with Crippen LogP contribution in [0, 0.1) is 13.8 Å². The highest BCUT2D eigenvalue weighted by Crippen LogP contribution is 2.21. The Labute approximate surface area is 106 Å². The molecule has 0 fully saturated rings. The SMILES string of the molecule is Cc1ccc(-c2cc(CN)c(=O)n(C)n2)c(C)c1. The van der Waals surface area contributed by atoms with Gasteiger partial charge in [-0.3, -0.25) is 4.79 Å². The fraction of sp³-hybridized carbons (Fsp3) is 0.286. The van der Waals surface area contributed by atoms with Crippen molar-refractivity contribution in [3.8, 4) is 11.3 Å². The number of hydrogen-bond acceptors (Lipinski definition) is 3. The van der Waals surface area contributed by atoms with E-state index in [1.165, 1.54) is 10.2 Å². The van der Waals surface area contributed by atoms with E-state index in [0.717, 1.165) is 16.8 Å². The Morgan fingerprint density at radius 3 is 2.61 bits per heavy atom. The van der Waals surface area contributed by atoms with Crippen LogP contribution in [0.1, 0.15) is 16.7 Å². The molecule has 0 radical (unpaired) electrons. The Balaban J connectivity index is 2.64. The minimum absolute atomic E-state index is 0.133. The maximum Gasteiger partial charge on any atom is 0.271 e. The molecule has 0 aliphatic rings. The van der Waals surface area contributed by atoms with E-state index in [-0.39, 0.29) is 12.1 Å². The van der Waals surface area contributed by atoms with E-state index in [1.54, 1.807) is 13.1 Å². The van der Waals surface area contributed by atoms with E-state index in [0.29, 0.717) is 5.56 Å². The summed E-state index contributed by atoms with van der Waals surface area (Å²) in [7, 11) is 1.65. The van der Waals surface area contributed by atoms with Crippen LogP contribution < -0.4 is 11.3 Å². The lowest BCUT2D eigenvalue weighted by atomic mass is 10.0. The van der Waals surface area contributed by atoms with E-state index < -0.39 is 0 Å². The van der Waals surface area contributed by atoms with E-state index in [9.17, 15) is 4.79 Å². The number of aryl methyl sites for hydroxylation is 3. The molecule has 2 rings (SSSR count). The number of benzene rings is 1. The smallest absolute Gasteiger partial charge is 0.271 e. The van der Waals surface area contributed by atoms with Crippen molar-refractivity contribution in [2.45, 2.75) is 20.4 Å². The predicted molar refractivity (Wildman–Crippen MR) is 72.3 cm³/mol. The van der Waals surface area contributed by atoms with Crippen LogP contribution in [-0.2, 0) is 13.6 Å². The molecule has 0 amide bonds. The van der Waals surface area contributed by atoms with Gasteiger partial charge in [0, 0.05) is 24.7 Å². The average molecular weight is 243 g/mol. The summed E-state index contributed by atoms with van der Waals surface area (Å²) in [5, 5.41) is 4.29. The molecule has 2 N–H and O–H groups in total. The van der Waals surface area contributed by atoms with Gasteiger partial charge in [0.1, 0.15) is 0 Å². The van der Waals surface area contributed by atoms with E-state index in [1.807, 2.05) is 19.1 Å². The molecule has 0 saturated carbocycles. The van der Waals surface area contributed by atoms with Crippen LogP contribution in [0.4, 0.5) is 0 Å². The molecule has 1 aromatic heterocycles. The van der Waals surface area contributed by atoms with E-state index >= 15 is 0 Å². The Kier molecular flexibility index (Phi) is 3.30. The van der Waals surface area contributed by atoms with Gasteiger partial charge in [-0.2, -0.15) is 5.10 Å². The maximum absolute atomic E-state index is 11.7. The second kappa shape index (κ2) is 4.74. The monoisotopic (exact) mass is 243 g/mol. The molecule has 0 aliphatic carbocycles. The first-order chi connectivity index (χ1) is 8.52. The van der Waals surface area contributed by atoms with Crippen LogP contribution in [0.25, 0.3) is 11.3 Å². The summed E-state index contributed by atoms with van der Waals surface area (Å²) in [5.41, 5.74) is 10.2. The van der Waals surface area contributed by atoms with Gasteiger partial charge >= 0.3 is 0 Å². The molecule has 0 aliphatic heterocycles. The number of aromatic nitrogens is 2. The van der Waals surface area contributed by atoms with E-state index in [2.05, 4.69) is 18.1 Å². The second-order valence-corrected chi connectivity index (χ2v) is 4.51. The lowest BCUT2D eigenvalue weighted by Gasteiger charge is -2.09. The molecular formula is C14H17N3O.